The van der Waals surface area contributed by atoms with Gasteiger partial charge in [-0.25, -0.2) is 35.9 Å². The monoisotopic (exact) mass is 1720 g/mol. The molecule has 6 atom stereocenters. The van der Waals surface area contributed by atoms with Crippen molar-refractivity contribution in [2.45, 2.75) is 165 Å². The lowest BCUT2D eigenvalue weighted by atomic mass is 9.74. The van der Waals surface area contributed by atoms with Crippen molar-refractivity contribution < 1.29 is 64.9 Å². The Kier molecular flexibility index (Phi) is 28.5. The molecule has 0 aromatic heterocycles. The fourth-order valence-corrected chi connectivity index (χ4v) is 19.8. The van der Waals surface area contributed by atoms with E-state index in [4.69, 9.17) is 9.47 Å². The Hall–Kier alpha value is -9.49. The molecule has 17 nitrogen and oxygen atoms in total. The number of benzene rings is 8. The highest BCUT2D eigenvalue weighted by atomic mass is 35.5. The summed E-state index contributed by atoms with van der Waals surface area (Å²) in [6.07, 6.45) is 4.78. The summed E-state index contributed by atoms with van der Waals surface area (Å²) in [4.78, 5) is 79.2. The van der Waals surface area contributed by atoms with Crippen molar-refractivity contribution in [3.63, 3.8) is 0 Å². The van der Waals surface area contributed by atoms with E-state index >= 15 is 0 Å². The highest BCUT2D eigenvalue weighted by Gasteiger charge is 2.53. The number of carbonyl (C=O) groups excluding carboxylic acids is 4. The van der Waals surface area contributed by atoms with Crippen molar-refractivity contribution in [1.29, 1.82) is 0 Å². The Morgan fingerprint density at radius 3 is 1.12 bits per heavy atom. The summed E-state index contributed by atoms with van der Waals surface area (Å²) < 4.78 is 95.2. The Morgan fingerprint density at radius 2 is 0.746 bits per heavy atom. The van der Waals surface area contributed by atoms with Gasteiger partial charge in [0.1, 0.15) is 48.1 Å². The van der Waals surface area contributed by atoms with Crippen LogP contribution in [0, 0.1) is 52.7 Å². The highest BCUT2D eigenvalue weighted by Crippen LogP contribution is 2.51. The van der Waals surface area contributed by atoms with Crippen LogP contribution in [0.15, 0.2) is 188 Å². The van der Waals surface area contributed by atoms with Crippen LogP contribution in [-0.4, -0.2) is 174 Å². The molecule has 9 heterocycles. The molecule has 122 heavy (non-hydrogen) atoms. The predicted octanol–water partition coefficient (Wildman–Crippen LogP) is 18.4. The first kappa shape index (κ1) is 91.7. The molecule has 6 fully saturated rings. The number of anilines is 3. The molecule has 3 N–H and O–H groups in total. The number of likely N-dealkylation sites (tertiary alicyclic amines) is 5. The zero-order valence-corrected chi connectivity index (χ0v) is 72.8. The number of carboxylic acid groups (broad SMARTS) is 1. The molecule has 3 spiro atoms. The van der Waals surface area contributed by atoms with Crippen LogP contribution in [0.3, 0.4) is 0 Å². The number of carbonyl (C=O) groups is 5. The van der Waals surface area contributed by atoms with Gasteiger partial charge in [-0.1, -0.05) is 133 Å². The van der Waals surface area contributed by atoms with Crippen molar-refractivity contribution in [2.24, 2.45) is 17.8 Å². The topological polar surface area (TPSA) is 171 Å². The van der Waals surface area contributed by atoms with E-state index in [9.17, 15) is 55.4 Å². The van der Waals surface area contributed by atoms with Gasteiger partial charge in [0.05, 0.1) is 29.1 Å². The predicted molar refractivity (Wildman–Crippen MR) is 468 cm³/mol. The Morgan fingerprint density at radius 1 is 0.410 bits per heavy atom. The average Bonchev–Trinajstić information content (AvgIpc) is 1.59. The minimum Gasteiger partial charge on any atom is -0.481 e. The van der Waals surface area contributed by atoms with Gasteiger partial charge >= 0.3 is 18.2 Å². The second-order valence-corrected chi connectivity index (χ2v) is 37.1. The number of hydrogen-bond acceptors (Lipinski definition) is 12. The van der Waals surface area contributed by atoms with Crippen molar-refractivity contribution in [3.8, 4) is 0 Å². The number of halogens is 8. The van der Waals surface area contributed by atoms with E-state index in [2.05, 4.69) is 104 Å². The summed E-state index contributed by atoms with van der Waals surface area (Å²) in [5, 5.41) is 16.3. The van der Waals surface area contributed by atoms with Gasteiger partial charge in [0.2, 0.25) is 11.8 Å². The normalized spacial score (nSPS) is 21.9. The molecule has 0 saturated carbocycles. The summed E-state index contributed by atoms with van der Waals surface area (Å²) in [5.41, 5.74) is 9.32. The SMILES string of the molecule is CC(C)(C)N1C[C@@H](C(=O)N2CCC3(CC2)CN(C(=O)OCc2ccccc2)c2ccccc23)[C@H](c2ccc(F)cc2F)C1.CC(C)(C)N1C[C@@H](C(=O)N2CCC3(CC2)CNc2ccccc23)[C@H](c2ccc(F)cc2F)C1.CC(C)(C)N1C[C@@H](C(=O)O)[C@H](c2ccc(F)cc2F)C1.Cl.Cl.O=C(OCc1ccccc1)N1CC2(CCNCC2)c2ccccc21. The number of carboxylic acids is 1. The maximum atomic E-state index is 15.0. The number of hydrogen-bond donors (Lipinski definition) is 3. The zero-order valence-electron chi connectivity index (χ0n) is 71.1. The molecule has 0 aliphatic carbocycles. The molecule has 0 bridgehead atoms. The highest BCUT2D eigenvalue weighted by molar-refractivity contribution is 5.93. The molecule has 8 aromatic carbocycles. The van der Waals surface area contributed by atoms with E-state index in [0.717, 1.165) is 98.1 Å². The second kappa shape index (κ2) is 37.9. The summed E-state index contributed by atoms with van der Waals surface area (Å²) in [7, 11) is 0. The number of nitrogens with one attached hydrogen (secondary N) is 2. The Labute approximate surface area is 725 Å². The standard InChI is InChI=1S/C35H39F2N3O3.C27H33F2N3O.C20H22N2O2.C15H19F2NO2.2ClH/c1-34(2,3)39-20-27(26-14-13-25(36)19-30(26)37)28(21-39)32(41)38-17-15-35(16-18-38)23-40(31-12-8-7-11-29(31)35)33(42)43-22-24-9-5-4-6-10-24;1-26(2,3)32-15-20(19-9-8-18(28)14-23(19)29)21(16-32)25(33)31-12-10-27(11-13-31)17-30-24-7-5-4-6-22(24)27;23-19(24-14-16-6-2-1-3-7-16)22-15-20(10-12-21-13-11-20)17-8-4-5-9-18(17)22;1-15(2,3)18-7-11(12(8-18)14(19)20)10-5-4-9(16)6-13(10)17;;/h4-14,19,27-28H,15-18,20-23H2,1-3H3;4-9,14,20-21,30H,10-13,15-17H2,1-3H3;1-9,21H,10-15H2;4-6,11-12H,7-8H2,1-3H3,(H,19,20);2*1H/t27-,28+;20-,21+;;11-,12+;;/m00.0../s1. The summed E-state index contributed by atoms with van der Waals surface area (Å²) in [6.45, 7) is 28.9. The first-order chi connectivity index (χ1) is 57.2. The fraction of sp³-hybridized carbons (Fsp3) is 0.454. The van der Waals surface area contributed by atoms with Gasteiger partial charge in [-0.2, -0.15) is 0 Å². The molecule has 6 saturated heterocycles. The number of amides is 4. The van der Waals surface area contributed by atoms with Crippen LogP contribution in [0.2, 0.25) is 0 Å². The number of aliphatic carboxylic acids is 1. The van der Waals surface area contributed by atoms with Crippen LogP contribution >= 0.6 is 24.8 Å². The number of piperidine rings is 3. The van der Waals surface area contributed by atoms with E-state index in [1.807, 2.05) is 131 Å². The third kappa shape index (κ3) is 19.8. The van der Waals surface area contributed by atoms with Crippen LogP contribution in [-0.2, 0) is 53.3 Å². The lowest BCUT2D eigenvalue weighted by molar-refractivity contribution is -0.142. The largest absolute Gasteiger partial charge is 0.481 e. The lowest BCUT2D eigenvalue weighted by Crippen LogP contribution is -2.50. The molecule has 25 heteroatoms. The number of rotatable bonds is 10. The van der Waals surface area contributed by atoms with Gasteiger partial charge in [-0.3, -0.25) is 38.9 Å². The molecule has 17 rings (SSSR count). The molecule has 0 unspecified atom stereocenters. The van der Waals surface area contributed by atoms with Crippen LogP contribution in [0.5, 0.6) is 0 Å². The van der Waals surface area contributed by atoms with Gasteiger partial charge in [0.25, 0.3) is 0 Å². The van der Waals surface area contributed by atoms with E-state index < -0.39 is 58.6 Å². The van der Waals surface area contributed by atoms with Crippen LogP contribution in [0.4, 0.5) is 53.0 Å². The van der Waals surface area contributed by atoms with Crippen molar-refractivity contribution in [2.75, 3.05) is 113 Å². The van der Waals surface area contributed by atoms with Gasteiger partial charge in [-0.05, 0) is 195 Å². The van der Waals surface area contributed by atoms with Gasteiger partial charge in [0.15, 0.2) is 0 Å². The molecule has 9 aliphatic rings. The zero-order chi connectivity index (χ0) is 85.2. The minimum atomic E-state index is -0.939. The van der Waals surface area contributed by atoms with Crippen molar-refractivity contribution in [1.82, 2.24) is 29.8 Å². The van der Waals surface area contributed by atoms with Crippen LogP contribution in [0.1, 0.15) is 163 Å². The van der Waals surface area contributed by atoms with Crippen LogP contribution < -0.4 is 20.4 Å². The van der Waals surface area contributed by atoms with Crippen LogP contribution in [0.25, 0.3) is 0 Å². The third-order valence-corrected chi connectivity index (χ3v) is 26.9. The smallest absolute Gasteiger partial charge is 0.414 e. The number of ether oxygens (including phenoxy) is 2. The first-order valence-electron chi connectivity index (χ1n) is 42.3. The fourth-order valence-electron chi connectivity index (χ4n) is 19.8. The van der Waals surface area contributed by atoms with Crippen molar-refractivity contribution >= 4 is 71.8 Å². The first-order valence-corrected chi connectivity index (χ1v) is 42.3. The number of para-hydroxylation sites is 3. The maximum absolute atomic E-state index is 15.0. The summed E-state index contributed by atoms with van der Waals surface area (Å²) in [5.74, 6) is -7.01. The van der Waals surface area contributed by atoms with Gasteiger partial charge < -0.3 is 35.0 Å². The van der Waals surface area contributed by atoms with Crippen molar-refractivity contribution in [3.05, 3.63) is 267 Å². The Bertz CT molecular complexity index is 5010. The molecule has 652 valence electrons. The third-order valence-electron chi connectivity index (χ3n) is 26.9. The average molecular weight is 1720 g/mol. The molecular weight excluding hydrogens is 1600 g/mol. The van der Waals surface area contributed by atoms with E-state index in [1.165, 1.54) is 53.2 Å². The van der Waals surface area contributed by atoms with E-state index in [1.54, 1.807) is 4.90 Å². The molecule has 0 radical (unpaired) electrons. The summed E-state index contributed by atoms with van der Waals surface area (Å²) >= 11 is 0. The van der Waals surface area contributed by atoms with Gasteiger partial charge in [-0.15, -0.1) is 24.8 Å². The van der Waals surface area contributed by atoms with Gasteiger partial charge in [0, 0.05) is 160 Å². The maximum Gasteiger partial charge on any atom is 0.414 e. The molecule has 8 aromatic rings. The summed E-state index contributed by atoms with van der Waals surface area (Å²) in [6, 6.07) is 55.0. The second-order valence-electron chi connectivity index (χ2n) is 37.1. The van der Waals surface area contributed by atoms with E-state index in [-0.39, 0.29) is 112 Å². The molecule has 9 aliphatic heterocycles. The lowest BCUT2D eigenvalue weighted by Gasteiger charge is -2.41. The molecular formula is C97H115Cl2F6N9O8. The quantitative estimate of drug-likeness (QED) is 0.111. The molecule has 4 amide bonds. The van der Waals surface area contributed by atoms with E-state index in [0.29, 0.717) is 103 Å². The number of fused-ring (bicyclic) bond motifs is 6. The number of nitrogens with zero attached hydrogens (tertiary/aromatic N) is 7. The Balaban J connectivity index is 0.000000154. The minimum absolute atomic E-state index is 0.